The molecule has 3 nitrogen and oxygen atoms in total. The highest BCUT2D eigenvalue weighted by atomic mass is 16.5. The first-order chi connectivity index (χ1) is 8.40. The van der Waals surface area contributed by atoms with E-state index in [0.717, 1.165) is 22.3 Å². The van der Waals surface area contributed by atoms with E-state index >= 15 is 0 Å². The molecule has 0 N–H and O–H groups in total. The third kappa shape index (κ3) is 5.64. The van der Waals surface area contributed by atoms with Gasteiger partial charge in [-0.2, -0.15) is 0 Å². The van der Waals surface area contributed by atoms with E-state index < -0.39 is 0 Å². The van der Waals surface area contributed by atoms with Crippen LogP contribution in [0, 0.1) is 0 Å². The molecule has 0 aromatic heterocycles. The van der Waals surface area contributed by atoms with Gasteiger partial charge in [0.15, 0.2) is 5.78 Å². The Balaban J connectivity index is 2.50. The number of quaternary nitrogens is 1. The van der Waals surface area contributed by atoms with E-state index in [9.17, 15) is 4.79 Å². The molecule has 98 valence electrons. The Morgan fingerprint density at radius 3 is 2.33 bits per heavy atom. The summed E-state index contributed by atoms with van der Waals surface area (Å²) in [5, 5.41) is 0. The number of methoxy groups -OCH3 is 1. The van der Waals surface area contributed by atoms with Crippen LogP contribution in [0.25, 0.3) is 6.08 Å². The highest BCUT2D eigenvalue weighted by molar-refractivity contribution is 5.93. The molecule has 1 aromatic rings. The van der Waals surface area contributed by atoms with Gasteiger partial charge >= 0.3 is 0 Å². The van der Waals surface area contributed by atoms with Crippen molar-refractivity contribution in [2.45, 2.75) is 6.42 Å². The molecule has 0 unspecified atom stereocenters. The average molecular weight is 248 g/mol. The van der Waals surface area contributed by atoms with Gasteiger partial charge in [0.05, 0.1) is 41.2 Å². The summed E-state index contributed by atoms with van der Waals surface area (Å²) in [6.45, 7) is 0.853. The van der Waals surface area contributed by atoms with Gasteiger partial charge in [-0.1, -0.05) is 18.2 Å². The van der Waals surface area contributed by atoms with Crippen LogP contribution < -0.4 is 4.74 Å². The second-order valence-corrected chi connectivity index (χ2v) is 5.34. The van der Waals surface area contributed by atoms with Crippen LogP contribution in [0.1, 0.15) is 12.0 Å². The Kier molecular flexibility index (Phi) is 5.10. The van der Waals surface area contributed by atoms with E-state index in [2.05, 4.69) is 21.1 Å². The summed E-state index contributed by atoms with van der Waals surface area (Å²) in [5.41, 5.74) is 1.01. The topological polar surface area (TPSA) is 26.3 Å². The van der Waals surface area contributed by atoms with Crippen molar-refractivity contribution < 1.29 is 14.0 Å². The molecule has 0 aliphatic heterocycles. The van der Waals surface area contributed by atoms with Crippen LogP contribution in [-0.4, -0.2) is 45.1 Å². The summed E-state index contributed by atoms with van der Waals surface area (Å²) < 4.78 is 5.89. The number of ether oxygens (including phenoxy) is 1. The van der Waals surface area contributed by atoms with Crippen molar-refractivity contribution in [2.75, 3.05) is 34.8 Å². The van der Waals surface area contributed by atoms with Crippen molar-refractivity contribution in [3.8, 4) is 5.75 Å². The van der Waals surface area contributed by atoms with Crippen LogP contribution in [0.2, 0.25) is 0 Å². The molecule has 0 radical (unpaired) electrons. The first-order valence-electron chi connectivity index (χ1n) is 6.06. The predicted molar refractivity (Wildman–Crippen MR) is 74.6 cm³/mol. The summed E-state index contributed by atoms with van der Waals surface area (Å²) in [4.78, 5) is 11.7. The van der Waals surface area contributed by atoms with E-state index in [-0.39, 0.29) is 5.78 Å². The first kappa shape index (κ1) is 14.5. The molecule has 0 fully saturated rings. The number of hydrogen-bond donors (Lipinski definition) is 0. The fraction of sp³-hybridized carbons (Fsp3) is 0.400. The molecule has 1 aromatic carbocycles. The number of benzene rings is 1. The average Bonchev–Trinajstić information content (AvgIpc) is 2.33. The van der Waals surface area contributed by atoms with Crippen molar-refractivity contribution in [3.63, 3.8) is 0 Å². The number of nitrogens with zero attached hydrogens (tertiary/aromatic N) is 1. The summed E-state index contributed by atoms with van der Waals surface area (Å²) in [6.07, 6.45) is 4.07. The fourth-order valence-corrected chi connectivity index (χ4v) is 1.43. The minimum absolute atomic E-state index is 0.166. The molecule has 1 rings (SSSR count). The molecule has 0 heterocycles. The monoisotopic (exact) mass is 248 g/mol. The second kappa shape index (κ2) is 6.36. The number of ketones is 1. The highest BCUT2D eigenvalue weighted by Crippen LogP contribution is 2.12. The van der Waals surface area contributed by atoms with Gasteiger partial charge in [-0.05, 0) is 23.8 Å². The van der Waals surface area contributed by atoms with Gasteiger partial charge in [-0.3, -0.25) is 4.79 Å². The van der Waals surface area contributed by atoms with E-state index in [4.69, 9.17) is 4.74 Å². The molecule has 0 bridgehead atoms. The summed E-state index contributed by atoms with van der Waals surface area (Å²) in [6, 6.07) is 7.64. The molecule has 0 saturated carbocycles. The van der Waals surface area contributed by atoms with Gasteiger partial charge in [0.25, 0.3) is 0 Å². The minimum atomic E-state index is 0.166. The Labute approximate surface area is 109 Å². The third-order valence-corrected chi connectivity index (χ3v) is 2.61. The predicted octanol–water partition coefficient (Wildman–Crippen LogP) is 2.37. The molecule has 0 spiro atoms. The van der Waals surface area contributed by atoms with E-state index in [1.54, 1.807) is 13.2 Å². The normalized spacial score (nSPS) is 11.8. The smallest absolute Gasteiger partial charge is 0.161 e. The number of rotatable bonds is 6. The number of hydrogen-bond acceptors (Lipinski definition) is 2. The second-order valence-electron chi connectivity index (χ2n) is 5.34. The number of carbonyl (C=O) groups excluding carboxylic acids is 1. The van der Waals surface area contributed by atoms with Crippen LogP contribution in [0.15, 0.2) is 30.3 Å². The molecule has 3 heteroatoms. The lowest BCUT2D eigenvalue weighted by atomic mass is 10.1. The van der Waals surface area contributed by atoms with Crippen molar-refractivity contribution in [3.05, 3.63) is 35.9 Å². The zero-order valence-corrected chi connectivity index (χ0v) is 11.6. The molecule has 18 heavy (non-hydrogen) atoms. The van der Waals surface area contributed by atoms with Gasteiger partial charge in [0.2, 0.25) is 0 Å². The molecule has 0 saturated heterocycles. The van der Waals surface area contributed by atoms with E-state index in [0.29, 0.717) is 6.42 Å². The van der Waals surface area contributed by atoms with Crippen molar-refractivity contribution >= 4 is 11.9 Å². The first-order valence-corrected chi connectivity index (χ1v) is 6.06. The van der Waals surface area contributed by atoms with Gasteiger partial charge in [-0.25, -0.2) is 0 Å². The maximum atomic E-state index is 11.7. The Morgan fingerprint density at radius 2 is 1.83 bits per heavy atom. The Bertz CT molecular complexity index is 413. The molecular weight excluding hydrogens is 226 g/mol. The van der Waals surface area contributed by atoms with Crippen molar-refractivity contribution in [1.29, 1.82) is 0 Å². The van der Waals surface area contributed by atoms with Gasteiger partial charge in [-0.15, -0.1) is 0 Å². The number of allylic oxidation sites excluding steroid dienone is 1. The highest BCUT2D eigenvalue weighted by Gasteiger charge is 2.08. The van der Waals surface area contributed by atoms with Crippen molar-refractivity contribution in [1.82, 2.24) is 0 Å². The van der Waals surface area contributed by atoms with Gasteiger partial charge in [0, 0.05) is 0 Å². The van der Waals surface area contributed by atoms with Crippen LogP contribution in [0.4, 0.5) is 0 Å². The maximum absolute atomic E-state index is 11.7. The van der Waals surface area contributed by atoms with Crippen LogP contribution in [0.3, 0.4) is 0 Å². The minimum Gasteiger partial charge on any atom is -0.497 e. The van der Waals surface area contributed by atoms with Crippen LogP contribution in [0.5, 0.6) is 5.75 Å². The summed E-state index contributed by atoms with van der Waals surface area (Å²) in [7, 11) is 7.89. The summed E-state index contributed by atoms with van der Waals surface area (Å²) in [5.74, 6) is 0.988. The Morgan fingerprint density at radius 1 is 1.22 bits per heavy atom. The van der Waals surface area contributed by atoms with Crippen molar-refractivity contribution in [2.24, 2.45) is 0 Å². The van der Waals surface area contributed by atoms with Gasteiger partial charge in [0.1, 0.15) is 5.75 Å². The summed E-state index contributed by atoms with van der Waals surface area (Å²) >= 11 is 0. The van der Waals surface area contributed by atoms with E-state index in [1.165, 1.54) is 0 Å². The lowest BCUT2D eigenvalue weighted by Gasteiger charge is -2.22. The lowest BCUT2D eigenvalue weighted by molar-refractivity contribution is -0.869. The Hall–Kier alpha value is -1.61. The number of carbonyl (C=O) groups is 1. The third-order valence-electron chi connectivity index (χ3n) is 2.61. The SMILES string of the molecule is COc1ccc(C=CC(=O)CC[N+](C)(C)C)cc1. The largest absolute Gasteiger partial charge is 0.497 e. The van der Waals surface area contributed by atoms with Crippen LogP contribution in [-0.2, 0) is 4.79 Å². The van der Waals surface area contributed by atoms with Gasteiger partial charge < -0.3 is 9.22 Å². The molecular formula is C15H22NO2+. The zero-order valence-electron chi connectivity index (χ0n) is 11.6. The molecule has 0 amide bonds. The van der Waals surface area contributed by atoms with E-state index in [1.807, 2.05) is 30.3 Å². The molecule has 0 atom stereocenters. The lowest BCUT2D eigenvalue weighted by Crippen LogP contribution is -2.36. The molecule has 0 aliphatic carbocycles. The quantitative estimate of drug-likeness (QED) is 0.570. The van der Waals surface area contributed by atoms with Crippen LogP contribution >= 0.6 is 0 Å². The standard InChI is InChI=1S/C15H22NO2/c1-16(2,3)12-11-14(17)8-5-13-6-9-15(18-4)10-7-13/h5-10H,11-12H2,1-4H3/q+1. The molecule has 0 aliphatic rings. The maximum Gasteiger partial charge on any atom is 0.161 e. The fourth-order valence-electron chi connectivity index (χ4n) is 1.43. The zero-order chi connectivity index (χ0) is 13.6.